The third-order valence-electron chi connectivity index (χ3n) is 11.1. The first-order valence-corrected chi connectivity index (χ1v) is 23.6. The minimum absolute atomic E-state index is 0.00290. The Morgan fingerprint density at radius 3 is 2.16 bits per heavy atom. The number of carbonyl (C=O) groups is 1. The van der Waals surface area contributed by atoms with Gasteiger partial charge in [-0.3, -0.25) is 4.79 Å². The van der Waals surface area contributed by atoms with Crippen molar-refractivity contribution in [2.24, 2.45) is 11.8 Å². The summed E-state index contributed by atoms with van der Waals surface area (Å²) in [4.78, 5) is 13.9. The molecule has 0 aromatic rings. The summed E-state index contributed by atoms with van der Waals surface area (Å²) in [6.45, 7) is 33.6. The molecule has 13 nitrogen and oxygen atoms in total. The molecule has 1 saturated heterocycles. The maximum Gasteiger partial charge on any atom is 0.309 e. The second-order valence-electron chi connectivity index (χ2n) is 17.3. The van der Waals surface area contributed by atoms with Crippen LogP contribution < -0.4 is 5.32 Å². The van der Waals surface area contributed by atoms with Crippen molar-refractivity contribution in [1.29, 1.82) is 0 Å². The molecule has 0 aromatic heterocycles. The van der Waals surface area contributed by atoms with Crippen LogP contribution in [0.4, 0.5) is 0 Å². The van der Waals surface area contributed by atoms with Crippen LogP contribution in [0.3, 0.4) is 0 Å². The van der Waals surface area contributed by atoms with Crippen LogP contribution in [0.2, 0.25) is 0 Å². The molecule has 14 atom stereocenters. The molecule has 2 rings (SSSR count). The number of allylic oxidation sites excluding steroid dienone is 2. The maximum absolute atomic E-state index is 13.9. The number of hydrogen-bond donors (Lipinski definition) is 1. The lowest BCUT2D eigenvalue weighted by Gasteiger charge is -2.39. The fourth-order valence-electron chi connectivity index (χ4n) is 8.06. The van der Waals surface area contributed by atoms with E-state index in [0.29, 0.717) is 45.7 Å². The van der Waals surface area contributed by atoms with E-state index in [-0.39, 0.29) is 60.0 Å². The van der Waals surface area contributed by atoms with Crippen molar-refractivity contribution in [3.63, 3.8) is 0 Å². The molecule has 2 aliphatic heterocycles. The molecule has 360 valence electrons. The van der Waals surface area contributed by atoms with Gasteiger partial charge in [0.15, 0.2) is 25.2 Å². The van der Waals surface area contributed by atoms with Gasteiger partial charge in [-0.05, 0) is 133 Å². The molecule has 14 heteroatoms. The Balaban J connectivity index is 2.54. The van der Waals surface area contributed by atoms with Crippen LogP contribution in [0, 0.1) is 11.8 Å². The molecule has 2 heterocycles. The molecule has 0 aliphatic carbocycles. The molecule has 0 spiro atoms. The second-order valence-corrected chi connectivity index (χ2v) is 17.7. The quantitative estimate of drug-likeness (QED) is 0.0221. The Bertz CT molecular complexity index is 1400. The van der Waals surface area contributed by atoms with Crippen LogP contribution >= 0.6 is 12.2 Å². The largest absolute Gasteiger partial charge is 0.460 e. The van der Waals surface area contributed by atoms with E-state index in [0.717, 1.165) is 12.0 Å². The van der Waals surface area contributed by atoms with Crippen LogP contribution in [0.1, 0.15) is 143 Å². The molecule has 0 bridgehead atoms. The Hall–Kier alpha value is -1.98. The molecular formula is C48H85NO12S. The van der Waals surface area contributed by atoms with Gasteiger partial charge in [-0.25, -0.2) is 0 Å². The van der Waals surface area contributed by atoms with Gasteiger partial charge in [0.1, 0.15) is 17.8 Å². The number of thiocarbonyl (C=S) groups is 1. The van der Waals surface area contributed by atoms with Gasteiger partial charge in [0.05, 0.1) is 36.4 Å². The molecule has 0 radical (unpaired) electrons. The van der Waals surface area contributed by atoms with Crippen molar-refractivity contribution >= 4 is 23.4 Å². The zero-order valence-corrected chi connectivity index (χ0v) is 41.9. The Labute approximate surface area is 380 Å². The smallest absolute Gasteiger partial charge is 0.309 e. The Morgan fingerprint density at radius 2 is 1.55 bits per heavy atom. The van der Waals surface area contributed by atoms with Gasteiger partial charge < -0.3 is 57.4 Å². The van der Waals surface area contributed by atoms with Crippen LogP contribution in [-0.4, -0.2) is 117 Å². The van der Waals surface area contributed by atoms with E-state index in [2.05, 4.69) is 19.2 Å². The summed E-state index contributed by atoms with van der Waals surface area (Å²) in [6.07, 6.45) is 8.70. The summed E-state index contributed by atoms with van der Waals surface area (Å²) in [7, 11) is 0. The van der Waals surface area contributed by atoms with Gasteiger partial charge in [0, 0.05) is 50.7 Å². The molecular weight excluding hydrogens is 815 g/mol. The monoisotopic (exact) mass is 900 g/mol. The van der Waals surface area contributed by atoms with Crippen molar-refractivity contribution in [3.8, 4) is 0 Å². The van der Waals surface area contributed by atoms with Crippen LogP contribution in [0.25, 0.3) is 0 Å². The SMILES string of the molecule is CCOC(C)OC1CCC(C)(OC(C)OCC)C(OC(=S)NC(C)C)/C=C\C(C)C(/C(C)=C/C=C/C(C)(CC2OC2C(C)C(CC)OC(C)OCC)OC(C)OCC)OC(=O)C1. The third-order valence-corrected chi connectivity index (χ3v) is 11.4. The molecule has 0 amide bonds. The lowest BCUT2D eigenvalue weighted by molar-refractivity contribution is -0.223. The summed E-state index contributed by atoms with van der Waals surface area (Å²) in [6, 6.07) is 0.0628. The lowest BCUT2D eigenvalue weighted by Crippen LogP contribution is -2.49. The van der Waals surface area contributed by atoms with Crippen molar-refractivity contribution in [3.05, 3.63) is 36.0 Å². The fourth-order valence-corrected chi connectivity index (χ4v) is 8.39. The highest BCUT2D eigenvalue weighted by atomic mass is 32.1. The maximum atomic E-state index is 13.9. The molecule has 62 heavy (non-hydrogen) atoms. The number of rotatable bonds is 26. The number of epoxide rings is 1. The van der Waals surface area contributed by atoms with Crippen molar-refractivity contribution in [2.45, 2.75) is 222 Å². The van der Waals surface area contributed by atoms with E-state index in [1.54, 1.807) is 0 Å². The van der Waals surface area contributed by atoms with E-state index in [1.807, 2.05) is 127 Å². The minimum atomic E-state index is -0.937. The topological polar surface area (TPSA) is 134 Å². The Morgan fingerprint density at radius 1 is 0.935 bits per heavy atom. The second kappa shape index (κ2) is 28.1. The van der Waals surface area contributed by atoms with Gasteiger partial charge in [0.2, 0.25) is 0 Å². The van der Waals surface area contributed by atoms with E-state index in [9.17, 15) is 4.79 Å². The zero-order valence-electron chi connectivity index (χ0n) is 41.1. The highest BCUT2D eigenvalue weighted by Crippen LogP contribution is 2.40. The zero-order chi connectivity index (χ0) is 46.6. The molecule has 0 aromatic carbocycles. The average molecular weight is 900 g/mol. The Kier molecular flexibility index (Phi) is 25.5. The molecule has 2 aliphatic rings. The number of hydrogen-bond acceptors (Lipinski definition) is 13. The molecule has 0 saturated carbocycles. The molecule has 1 N–H and O–H groups in total. The van der Waals surface area contributed by atoms with Crippen molar-refractivity contribution < 1.29 is 56.9 Å². The van der Waals surface area contributed by atoms with Crippen LogP contribution in [0.15, 0.2) is 36.0 Å². The first-order valence-electron chi connectivity index (χ1n) is 23.2. The average Bonchev–Trinajstić information content (AvgIpc) is 3.94. The summed E-state index contributed by atoms with van der Waals surface area (Å²) >= 11 is 5.67. The first-order chi connectivity index (χ1) is 29.2. The number of nitrogens with one attached hydrogen (secondary N) is 1. The predicted octanol–water partition coefficient (Wildman–Crippen LogP) is 9.50. The van der Waals surface area contributed by atoms with Gasteiger partial charge >= 0.3 is 5.97 Å². The van der Waals surface area contributed by atoms with Gasteiger partial charge in [-0.15, -0.1) is 0 Å². The fraction of sp³-hybridized carbons (Fsp3) is 0.833. The van der Waals surface area contributed by atoms with Gasteiger partial charge in [-0.1, -0.05) is 45.1 Å². The van der Waals surface area contributed by atoms with Crippen molar-refractivity contribution in [2.75, 3.05) is 26.4 Å². The van der Waals surface area contributed by atoms with E-state index < -0.39 is 48.4 Å². The third kappa shape index (κ3) is 20.0. The summed E-state index contributed by atoms with van der Waals surface area (Å²) in [5.74, 6) is -0.496. The standard InChI is InChI=1S/C48H85NO12S/c1-17-40(56-36(12)52-19-3)34(10)45-41(57-45)30-47(15,60-37(13)53-20-4)27-22-23-32(8)44-33(9)24-25-42(58-46(62)49-31(6)7)48(16,61-38(14)54-21-5)28-26-39(29-43(50)59-44)55-35(11)51-18-2/h22-25,27,31,33-42,44-45H,17-21,26,28-30H2,1-16H3,(H,49,62)/b25-24-,27-22+,32-23+. The minimum Gasteiger partial charge on any atom is -0.460 e. The van der Waals surface area contributed by atoms with Crippen LogP contribution in [0.5, 0.6) is 0 Å². The highest BCUT2D eigenvalue weighted by molar-refractivity contribution is 7.80. The first kappa shape index (κ1) is 56.2. The number of carbonyl (C=O) groups excluding carboxylic acids is 1. The number of esters is 1. The van der Waals surface area contributed by atoms with E-state index in [4.69, 9.17) is 64.3 Å². The van der Waals surface area contributed by atoms with Gasteiger partial charge in [-0.2, -0.15) is 0 Å². The summed E-state index contributed by atoms with van der Waals surface area (Å²) < 4.78 is 67.9. The number of cyclic esters (lactones) is 1. The summed E-state index contributed by atoms with van der Waals surface area (Å²) in [5.41, 5.74) is -0.838. The lowest BCUT2D eigenvalue weighted by atomic mass is 9.88. The van der Waals surface area contributed by atoms with E-state index in [1.165, 1.54) is 0 Å². The molecule has 1 fully saturated rings. The van der Waals surface area contributed by atoms with Gasteiger partial charge in [0.25, 0.3) is 5.17 Å². The van der Waals surface area contributed by atoms with Crippen molar-refractivity contribution in [1.82, 2.24) is 5.32 Å². The molecule has 14 unspecified atom stereocenters. The highest BCUT2D eigenvalue weighted by Gasteiger charge is 2.49. The van der Waals surface area contributed by atoms with E-state index >= 15 is 0 Å². The van der Waals surface area contributed by atoms with Crippen LogP contribution in [-0.2, 0) is 56.9 Å². The summed E-state index contributed by atoms with van der Waals surface area (Å²) in [5, 5.41) is 3.46. The normalized spacial score (nSPS) is 29.6. The predicted molar refractivity (Wildman–Crippen MR) is 246 cm³/mol. The number of ether oxygens (including phenoxy) is 11.